The zero-order valence-corrected chi connectivity index (χ0v) is 9.63. The van der Waals surface area contributed by atoms with Crippen molar-refractivity contribution in [2.75, 3.05) is 6.61 Å². The Balaban J connectivity index is 3.53. The predicted octanol–water partition coefficient (Wildman–Crippen LogP) is 2.60. The molecule has 0 saturated heterocycles. The van der Waals surface area contributed by atoms with Gasteiger partial charge in [-0.25, -0.2) is 0 Å². The molecule has 80 valence electrons. The molecule has 0 saturated carbocycles. The summed E-state index contributed by atoms with van der Waals surface area (Å²) in [5.41, 5.74) is 0.316. The van der Waals surface area contributed by atoms with Crippen molar-refractivity contribution in [3.8, 4) is 0 Å². The van der Waals surface area contributed by atoms with Gasteiger partial charge < -0.3 is 9.84 Å². The summed E-state index contributed by atoms with van der Waals surface area (Å²) in [4.78, 5) is 0. The van der Waals surface area contributed by atoms with E-state index in [9.17, 15) is 5.11 Å². The molecule has 13 heavy (non-hydrogen) atoms. The van der Waals surface area contributed by atoms with Crippen LogP contribution in [0.25, 0.3) is 0 Å². The minimum absolute atomic E-state index is 0.0349. The first-order valence-electron chi connectivity index (χ1n) is 5.16. The van der Waals surface area contributed by atoms with Crippen LogP contribution in [0.15, 0.2) is 0 Å². The Morgan fingerprint density at radius 3 is 2.23 bits per heavy atom. The number of hydrogen-bond donors (Lipinski definition) is 1. The Kier molecular flexibility index (Phi) is 5.57. The summed E-state index contributed by atoms with van der Waals surface area (Å²) in [6, 6.07) is 0. The lowest BCUT2D eigenvalue weighted by atomic mass is 9.93. The highest BCUT2D eigenvalue weighted by Crippen LogP contribution is 2.18. The molecule has 2 heteroatoms. The molecule has 2 atom stereocenters. The van der Waals surface area contributed by atoms with E-state index in [1.807, 2.05) is 13.8 Å². The van der Waals surface area contributed by atoms with Crippen molar-refractivity contribution in [3.05, 3.63) is 0 Å². The quantitative estimate of drug-likeness (QED) is 0.718. The molecule has 0 aromatic heterocycles. The summed E-state index contributed by atoms with van der Waals surface area (Å²) in [5.74, 6) is 0. The minimum atomic E-state index is -0.319. The third kappa shape index (κ3) is 7.03. The average molecular weight is 188 g/mol. The number of rotatable bonds is 5. The summed E-state index contributed by atoms with van der Waals surface area (Å²) >= 11 is 0. The molecule has 0 radical (unpaired) electrons. The summed E-state index contributed by atoms with van der Waals surface area (Å²) in [6.07, 6.45) is 1.44. The van der Waals surface area contributed by atoms with Gasteiger partial charge in [0.05, 0.1) is 12.2 Å². The van der Waals surface area contributed by atoms with Crippen molar-refractivity contribution >= 4 is 0 Å². The largest absolute Gasteiger partial charge is 0.390 e. The first-order chi connectivity index (χ1) is 5.87. The van der Waals surface area contributed by atoms with E-state index < -0.39 is 0 Å². The van der Waals surface area contributed by atoms with Crippen LogP contribution in [0.5, 0.6) is 0 Å². The molecule has 0 heterocycles. The molecule has 0 aliphatic rings. The van der Waals surface area contributed by atoms with E-state index in [4.69, 9.17) is 4.74 Å². The number of aliphatic hydroxyl groups is 1. The molecule has 0 amide bonds. The van der Waals surface area contributed by atoms with Gasteiger partial charge in [-0.3, -0.25) is 0 Å². The van der Waals surface area contributed by atoms with Gasteiger partial charge in [0.15, 0.2) is 0 Å². The second-order valence-electron chi connectivity index (χ2n) is 4.86. The Labute approximate surface area is 82.3 Å². The summed E-state index contributed by atoms with van der Waals surface area (Å²) in [7, 11) is 0. The second kappa shape index (κ2) is 5.61. The number of aliphatic hydroxyl groups excluding tert-OH is 1. The Morgan fingerprint density at radius 1 is 1.31 bits per heavy atom. The van der Waals surface area contributed by atoms with Gasteiger partial charge in [0.25, 0.3) is 0 Å². The van der Waals surface area contributed by atoms with Crippen molar-refractivity contribution < 1.29 is 9.84 Å². The molecule has 0 rings (SSSR count). The molecule has 0 aromatic carbocycles. The average Bonchev–Trinajstić information content (AvgIpc) is 2.00. The third-order valence-electron chi connectivity index (χ3n) is 2.19. The Bertz CT molecular complexity index is 127. The van der Waals surface area contributed by atoms with E-state index in [2.05, 4.69) is 20.8 Å². The summed E-state index contributed by atoms with van der Waals surface area (Å²) in [5, 5.41) is 9.43. The molecular formula is C11H24O2. The highest BCUT2D eigenvalue weighted by molar-refractivity contribution is 4.64. The smallest absolute Gasteiger partial charge is 0.0805 e. The van der Waals surface area contributed by atoms with E-state index in [1.165, 1.54) is 0 Å². The maximum absolute atomic E-state index is 9.43. The number of hydrogen-bond acceptors (Lipinski definition) is 2. The molecule has 1 N–H and O–H groups in total. The van der Waals surface area contributed by atoms with Crippen molar-refractivity contribution in [3.63, 3.8) is 0 Å². The van der Waals surface area contributed by atoms with E-state index in [1.54, 1.807) is 0 Å². The van der Waals surface area contributed by atoms with E-state index in [-0.39, 0.29) is 12.2 Å². The molecular weight excluding hydrogens is 164 g/mol. The van der Waals surface area contributed by atoms with E-state index in [0.29, 0.717) is 5.41 Å². The van der Waals surface area contributed by atoms with Gasteiger partial charge in [-0.15, -0.1) is 0 Å². The van der Waals surface area contributed by atoms with Gasteiger partial charge >= 0.3 is 0 Å². The van der Waals surface area contributed by atoms with Crippen LogP contribution in [0.4, 0.5) is 0 Å². The van der Waals surface area contributed by atoms with Gasteiger partial charge in [0, 0.05) is 6.61 Å². The molecule has 2 nitrogen and oxygen atoms in total. The maximum Gasteiger partial charge on any atom is 0.0805 e. The monoisotopic (exact) mass is 188 g/mol. The third-order valence-corrected chi connectivity index (χ3v) is 2.19. The lowest BCUT2D eigenvalue weighted by Crippen LogP contribution is -2.26. The zero-order valence-electron chi connectivity index (χ0n) is 9.63. The van der Waals surface area contributed by atoms with Crippen molar-refractivity contribution in [2.45, 2.75) is 59.7 Å². The Morgan fingerprint density at radius 2 is 1.85 bits per heavy atom. The maximum atomic E-state index is 9.43. The van der Waals surface area contributed by atoms with E-state index >= 15 is 0 Å². The molecule has 2 unspecified atom stereocenters. The molecule has 0 aliphatic heterocycles. The fourth-order valence-corrected chi connectivity index (χ4v) is 0.994. The van der Waals surface area contributed by atoms with Crippen LogP contribution in [0.2, 0.25) is 0 Å². The fraction of sp³-hybridized carbons (Fsp3) is 1.00. The Hall–Kier alpha value is -0.0800. The second-order valence-corrected chi connectivity index (χ2v) is 4.86. The zero-order chi connectivity index (χ0) is 10.5. The standard InChI is InChI=1S/C11H24O2/c1-6-10(12)9(2)13-8-7-11(3,4)5/h9-10,12H,6-8H2,1-5H3. The van der Waals surface area contributed by atoms with Gasteiger partial charge in [-0.2, -0.15) is 0 Å². The summed E-state index contributed by atoms with van der Waals surface area (Å²) in [6.45, 7) is 11.2. The van der Waals surface area contributed by atoms with Gasteiger partial charge in [-0.1, -0.05) is 27.7 Å². The van der Waals surface area contributed by atoms with Crippen LogP contribution in [-0.2, 0) is 4.74 Å². The molecule has 0 aromatic rings. The lowest BCUT2D eigenvalue weighted by Gasteiger charge is -2.22. The molecule has 0 fully saturated rings. The minimum Gasteiger partial charge on any atom is -0.390 e. The van der Waals surface area contributed by atoms with E-state index in [0.717, 1.165) is 19.4 Å². The lowest BCUT2D eigenvalue weighted by molar-refractivity contribution is -0.0346. The van der Waals surface area contributed by atoms with Gasteiger partial charge in [0.1, 0.15) is 0 Å². The van der Waals surface area contributed by atoms with Crippen LogP contribution in [0.3, 0.4) is 0 Å². The highest BCUT2D eigenvalue weighted by Gasteiger charge is 2.14. The predicted molar refractivity (Wildman–Crippen MR) is 55.8 cm³/mol. The summed E-state index contributed by atoms with van der Waals surface area (Å²) < 4.78 is 5.52. The van der Waals surface area contributed by atoms with Crippen molar-refractivity contribution in [2.24, 2.45) is 5.41 Å². The number of ether oxygens (including phenoxy) is 1. The van der Waals surface area contributed by atoms with Crippen LogP contribution in [0, 0.1) is 5.41 Å². The van der Waals surface area contributed by atoms with Crippen molar-refractivity contribution in [1.29, 1.82) is 0 Å². The normalized spacial score (nSPS) is 17.1. The fourth-order valence-electron chi connectivity index (χ4n) is 0.994. The van der Waals surface area contributed by atoms with Crippen LogP contribution in [-0.4, -0.2) is 23.9 Å². The van der Waals surface area contributed by atoms with Gasteiger partial charge in [0.2, 0.25) is 0 Å². The first kappa shape index (κ1) is 12.9. The van der Waals surface area contributed by atoms with Crippen LogP contribution < -0.4 is 0 Å². The topological polar surface area (TPSA) is 29.5 Å². The van der Waals surface area contributed by atoms with Gasteiger partial charge in [-0.05, 0) is 25.2 Å². The first-order valence-corrected chi connectivity index (χ1v) is 5.16. The molecule has 0 aliphatic carbocycles. The van der Waals surface area contributed by atoms with Crippen LogP contribution >= 0.6 is 0 Å². The highest BCUT2D eigenvalue weighted by atomic mass is 16.5. The molecule has 0 spiro atoms. The molecule has 0 bridgehead atoms. The van der Waals surface area contributed by atoms with Crippen LogP contribution in [0.1, 0.15) is 47.5 Å². The van der Waals surface area contributed by atoms with Crippen molar-refractivity contribution in [1.82, 2.24) is 0 Å². The SMILES string of the molecule is CCC(O)C(C)OCCC(C)(C)C.